The number of hydrogen-bond donors (Lipinski definition) is 1. The maximum atomic E-state index is 11.9. The quantitative estimate of drug-likeness (QED) is 0.459. The molecule has 0 aromatic carbocycles. The van der Waals surface area contributed by atoms with Gasteiger partial charge in [-0.25, -0.2) is 0 Å². The molecule has 0 radical (unpaired) electrons. The van der Waals surface area contributed by atoms with Crippen molar-refractivity contribution < 1.29 is 17.4 Å². The molecule has 1 unspecified atom stereocenters. The van der Waals surface area contributed by atoms with Crippen LogP contribution in [0.3, 0.4) is 0 Å². The lowest BCUT2D eigenvalue weighted by Crippen LogP contribution is -2.36. The van der Waals surface area contributed by atoms with Crippen LogP contribution in [0.25, 0.3) is 0 Å². The smallest absolute Gasteiger partial charge is 0.265 e. The van der Waals surface area contributed by atoms with Gasteiger partial charge in [0.05, 0.1) is 6.26 Å². The van der Waals surface area contributed by atoms with E-state index in [0.29, 0.717) is 12.2 Å². The van der Waals surface area contributed by atoms with Gasteiger partial charge in [-0.1, -0.05) is 31.6 Å². The monoisotopic (exact) mass is 286 g/mol. The van der Waals surface area contributed by atoms with Crippen molar-refractivity contribution in [3.05, 3.63) is 0 Å². The molecule has 0 aliphatic carbocycles. The average molecular weight is 286 g/mol. The highest BCUT2D eigenvalue weighted by molar-refractivity contribution is 8.68. The van der Waals surface area contributed by atoms with E-state index >= 15 is 0 Å². The van der Waals surface area contributed by atoms with E-state index in [9.17, 15) is 13.2 Å². The Bertz CT molecular complexity index is 329. The topological polar surface area (TPSA) is 60.4 Å². The van der Waals surface area contributed by atoms with Crippen molar-refractivity contribution in [2.24, 2.45) is 5.41 Å². The molecule has 7 heteroatoms. The Morgan fingerprint density at radius 2 is 1.94 bits per heavy atom. The van der Waals surface area contributed by atoms with Crippen LogP contribution in [0.2, 0.25) is 0 Å². The van der Waals surface area contributed by atoms with Gasteiger partial charge in [0.15, 0.2) is 5.78 Å². The zero-order chi connectivity index (χ0) is 13.0. The lowest BCUT2D eigenvalue weighted by Gasteiger charge is -2.23. The predicted octanol–water partition coefficient (Wildman–Crippen LogP) is 1.91. The number of rotatable bonds is 6. The van der Waals surface area contributed by atoms with E-state index in [1.165, 1.54) is 10.8 Å². The summed E-state index contributed by atoms with van der Waals surface area (Å²) in [7, 11) is -2.36. The van der Waals surface area contributed by atoms with Gasteiger partial charge in [0, 0.05) is 11.2 Å². The summed E-state index contributed by atoms with van der Waals surface area (Å²) in [6, 6.07) is 0. The largest absolute Gasteiger partial charge is 0.296 e. The summed E-state index contributed by atoms with van der Waals surface area (Å²) in [6.07, 6.45) is 0.385. The van der Waals surface area contributed by atoms with E-state index < -0.39 is 21.6 Å². The summed E-state index contributed by atoms with van der Waals surface area (Å²) in [5.41, 5.74) is -0.614. The molecule has 4 nitrogen and oxygen atoms in total. The molecule has 0 bridgehead atoms. The van der Waals surface area contributed by atoms with Gasteiger partial charge in [0.25, 0.3) is 10.1 Å². The summed E-state index contributed by atoms with van der Waals surface area (Å²) >= 11 is 3.95. The minimum absolute atomic E-state index is 0.208. The Balaban J connectivity index is 4.74. The highest BCUT2D eigenvalue weighted by atomic mass is 33.1. The molecule has 0 aliphatic rings. The van der Waals surface area contributed by atoms with Crippen LogP contribution in [0.4, 0.5) is 0 Å². The molecule has 0 saturated heterocycles. The van der Waals surface area contributed by atoms with Gasteiger partial charge in [0.2, 0.25) is 0 Å². The first-order valence-electron chi connectivity index (χ1n) is 4.77. The predicted molar refractivity (Wildman–Crippen MR) is 70.2 cm³/mol. The second kappa shape index (κ2) is 6.28. The van der Waals surface area contributed by atoms with Crippen molar-refractivity contribution >= 4 is 38.4 Å². The second-order valence-electron chi connectivity index (χ2n) is 4.53. The molecule has 1 atom stereocenters. The first-order valence-corrected chi connectivity index (χ1v) is 8.62. The van der Waals surface area contributed by atoms with Gasteiger partial charge in [-0.3, -0.25) is 8.98 Å². The van der Waals surface area contributed by atoms with Crippen molar-refractivity contribution in [2.75, 3.05) is 12.0 Å². The van der Waals surface area contributed by atoms with E-state index in [0.717, 1.165) is 6.26 Å². The molecule has 0 aromatic heterocycles. The van der Waals surface area contributed by atoms with Crippen molar-refractivity contribution in [1.29, 1.82) is 0 Å². The molecular formula is C9H18O4S3. The van der Waals surface area contributed by atoms with Crippen molar-refractivity contribution in [3.63, 3.8) is 0 Å². The first-order chi connectivity index (χ1) is 7.08. The Labute approximate surface area is 106 Å². The number of thiol groups is 1. The van der Waals surface area contributed by atoms with E-state index in [2.05, 4.69) is 11.7 Å². The molecule has 16 heavy (non-hydrogen) atoms. The Morgan fingerprint density at radius 1 is 1.44 bits per heavy atom. The molecule has 0 aromatic rings. The van der Waals surface area contributed by atoms with Gasteiger partial charge in [0.1, 0.15) is 6.10 Å². The molecular weight excluding hydrogens is 268 g/mol. The van der Waals surface area contributed by atoms with Crippen LogP contribution in [0.5, 0.6) is 0 Å². The van der Waals surface area contributed by atoms with E-state index in [1.807, 2.05) is 0 Å². The molecule has 0 aliphatic heterocycles. The summed E-state index contributed by atoms with van der Waals surface area (Å²) in [6.45, 7) is 5.21. The zero-order valence-corrected chi connectivity index (χ0v) is 12.4. The maximum Gasteiger partial charge on any atom is 0.265 e. The third-order valence-corrected chi connectivity index (χ3v) is 3.34. The second-order valence-corrected chi connectivity index (χ2v) is 7.57. The maximum absolute atomic E-state index is 11.9. The van der Waals surface area contributed by atoms with Crippen LogP contribution >= 0.6 is 22.5 Å². The average Bonchev–Trinajstić information content (AvgIpc) is 2.07. The van der Waals surface area contributed by atoms with Crippen molar-refractivity contribution in [1.82, 2.24) is 0 Å². The van der Waals surface area contributed by atoms with Gasteiger partial charge >= 0.3 is 0 Å². The van der Waals surface area contributed by atoms with Crippen molar-refractivity contribution in [3.8, 4) is 0 Å². The fraction of sp³-hybridized carbons (Fsp3) is 0.889. The highest BCUT2D eigenvalue weighted by Gasteiger charge is 2.32. The minimum atomic E-state index is -3.61. The SMILES string of the molecule is CC(C)(C)C(=O)C(CCSS)OS(C)(=O)=O. The number of ketones is 1. The summed E-state index contributed by atoms with van der Waals surface area (Å²) in [4.78, 5) is 11.9. The van der Waals surface area contributed by atoms with Crippen LogP contribution in [-0.2, 0) is 19.1 Å². The molecule has 0 amide bonds. The standard InChI is InChI=1S/C9H18O4S3/c1-9(2,3)8(10)7(5-6-15-14)13-16(4,11)12/h7,14H,5-6H2,1-4H3. The molecule has 0 spiro atoms. The normalized spacial score (nSPS) is 14.8. The molecule has 0 N–H and O–H groups in total. The molecule has 0 saturated carbocycles. The summed E-state index contributed by atoms with van der Waals surface area (Å²) < 4.78 is 26.9. The molecule has 0 fully saturated rings. The van der Waals surface area contributed by atoms with Crippen LogP contribution in [-0.4, -0.2) is 32.3 Å². The van der Waals surface area contributed by atoms with Crippen LogP contribution in [0, 0.1) is 5.41 Å². The van der Waals surface area contributed by atoms with E-state index in [4.69, 9.17) is 4.18 Å². The van der Waals surface area contributed by atoms with Gasteiger partial charge in [-0.2, -0.15) is 8.42 Å². The van der Waals surface area contributed by atoms with Crippen LogP contribution < -0.4 is 0 Å². The molecule has 96 valence electrons. The summed E-state index contributed by atoms with van der Waals surface area (Å²) in [5, 5.41) is 0. The molecule has 0 heterocycles. The zero-order valence-electron chi connectivity index (χ0n) is 9.89. The third-order valence-electron chi connectivity index (χ3n) is 1.79. The molecule has 0 rings (SSSR count). The lowest BCUT2D eigenvalue weighted by molar-refractivity contribution is -0.133. The van der Waals surface area contributed by atoms with Gasteiger partial charge in [-0.05, 0) is 6.42 Å². The fourth-order valence-electron chi connectivity index (χ4n) is 1.08. The van der Waals surface area contributed by atoms with Crippen LogP contribution in [0.1, 0.15) is 27.2 Å². The van der Waals surface area contributed by atoms with Crippen LogP contribution in [0.15, 0.2) is 0 Å². The van der Waals surface area contributed by atoms with E-state index in [1.54, 1.807) is 20.8 Å². The Hall–Kier alpha value is 0.280. The number of carbonyl (C=O) groups excluding carboxylic acids is 1. The Morgan fingerprint density at radius 3 is 2.25 bits per heavy atom. The number of hydrogen-bond acceptors (Lipinski definition) is 6. The number of Topliss-reactive ketones (excluding diaryl/α,β-unsaturated/α-hetero) is 1. The van der Waals surface area contributed by atoms with Crippen molar-refractivity contribution in [2.45, 2.75) is 33.3 Å². The Kier molecular flexibility index (Phi) is 6.39. The first kappa shape index (κ1) is 16.3. The number of carbonyl (C=O) groups is 1. The lowest BCUT2D eigenvalue weighted by atomic mass is 9.87. The van der Waals surface area contributed by atoms with Gasteiger partial charge in [-0.15, -0.1) is 11.7 Å². The third kappa shape index (κ3) is 6.78. The summed E-state index contributed by atoms with van der Waals surface area (Å²) in [5.74, 6) is 0.353. The minimum Gasteiger partial charge on any atom is -0.296 e. The fourth-order valence-corrected chi connectivity index (χ4v) is 2.32. The van der Waals surface area contributed by atoms with Gasteiger partial charge < -0.3 is 0 Å². The van der Waals surface area contributed by atoms with E-state index in [-0.39, 0.29) is 5.78 Å². The highest BCUT2D eigenvalue weighted by Crippen LogP contribution is 2.22.